The van der Waals surface area contributed by atoms with Gasteiger partial charge in [-0.1, -0.05) is 13.8 Å². The topological polar surface area (TPSA) is 49.4 Å². The smallest absolute Gasteiger partial charge is 0.237 e. The van der Waals surface area contributed by atoms with Crippen LogP contribution in [-0.2, 0) is 11.3 Å². The van der Waals surface area contributed by atoms with Crippen molar-refractivity contribution in [2.45, 2.75) is 33.4 Å². The third-order valence-corrected chi connectivity index (χ3v) is 4.46. The summed E-state index contributed by atoms with van der Waals surface area (Å²) in [7, 11) is 0. The standard InChI is InChI=1S/C14H20N2O2S/c1-9(2)13-14(18)15-4-5-16(13)7-11-6-12(10(3)17)19-8-11/h6,8-9,13H,4-5,7H2,1-3H3,(H,15,18)/t13-/m1/s1. The van der Waals surface area contributed by atoms with Gasteiger partial charge >= 0.3 is 0 Å². The number of amides is 1. The molecular weight excluding hydrogens is 260 g/mol. The van der Waals surface area contributed by atoms with Crippen LogP contribution in [0.1, 0.15) is 36.0 Å². The molecule has 4 nitrogen and oxygen atoms in total. The van der Waals surface area contributed by atoms with Crippen LogP contribution in [-0.4, -0.2) is 35.7 Å². The van der Waals surface area contributed by atoms with Gasteiger partial charge in [-0.05, 0) is 29.9 Å². The number of nitrogens with zero attached hydrogens (tertiary/aromatic N) is 1. The fourth-order valence-electron chi connectivity index (χ4n) is 2.51. The van der Waals surface area contributed by atoms with Crippen molar-refractivity contribution in [2.75, 3.05) is 13.1 Å². The van der Waals surface area contributed by atoms with Gasteiger partial charge in [0.05, 0.1) is 10.9 Å². The molecule has 1 fully saturated rings. The first kappa shape index (κ1) is 14.2. The highest BCUT2D eigenvalue weighted by Crippen LogP contribution is 2.21. The van der Waals surface area contributed by atoms with Crippen LogP contribution in [0.2, 0.25) is 0 Å². The Kier molecular flexibility index (Phi) is 4.37. The minimum absolute atomic E-state index is 0.0746. The van der Waals surface area contributed by atoms with Crippen LogP contribution in [0, 0.1) is 5.92 Å². The van der Waals surface area contributed by atoms with Crippen molar-refractivity contribution in [1.82, 2.24) is 10.2 Å². The molecule has 1 amide bonds. The van der Waals surface area contributed by atoms with Crippen LogP contribution < -0.4 is 5.32 Å². The van der Waals surface area contributed by atoms with E-state index in [1.807, 2.05) is 11.4 Å². The van der Waals surface area contributed by atoms with E-state index in [0.717, 1.165) is 23.5 Å². The first-order valence-corrected chi connectivity index (χ1v) is 7.47. The molecule has 2 heterocycles. The number of Topliss-reactive ketones (excluding diaryl/α,β-unsaturated/α-hetero) is 1. The number of ketones is 1. The van der Waals surface area contributed by atoms with Crippen molar-refractivity contribution in [1.29, 1.82) is 0 Å². The number of thiophene rings is 1. The van der Waals surface area contributed by atoms with Gasteiger partial charge in [0.2, 0.25) is 5.91 Å². The lowest BCUT2D eigenvalue weighted by atomic mass is 9.99. The predicted octanol–water partition coefficient (Wildman–Crippen LogP) is 1.91. The Hall–Kier alpha value is -1.20. The highest BCUT2D eigenvalue weighted by molar-refractivity contribution is 7.12. The lowest BCUT2D eigenvalue weighted by Gasteiger charge is -2.37. The maximum Gasteiger partial charge on any atom is 0.237 e. The molecule has 1 N–H and O–H groups in total. The average Bonchev–Trinajstić information content (AvgIpc) is 2.77. The molecule has 0 saturated carbocycles. The zero-order valence-corrected chi connectivity index (χ0v) is 12.4. The zero-order chi connectivity index (χ0) is 14.0. The summed E-state index contributed by atoms with van der Waals surface area (Å²) >= 11 is 1.48. The Morgan fingerprint density at radius 3 is 2.89 bits per heavy atom. The van der Waals surface area contributed by atoms with E-state index in [2.05, 4.69) is 24.1 Å². The summed E-state index contributed by atoms with van der Waals surface area (Å²) in [5, 5.41) is 4.94. The Labute approximate surface area is 117 Å². The molecule has 1 aromatic heterocycles. The van der Waals surface area contributed by atoms with Gasteiger partial charge in [-0.2, -0.15) is 0 Å². The fourth-order valence-corrected chi connectivity index (χ4v) is 3.32. The van der Waals surface area contributed by atoms with E-state index < -0.39 is 0 Å². The largest absolute Gasteiger partial charge is 0.353 e. The molecule has 0 unspecified atom stereocenters. The Bertz CT molecular complexity index is 482. The molecule has 0 aliphatic carbocycles. The molecule has 1 aliphatic rings. The van der Waals surface area contributed by atoms with E-state index in [4.69, 9.17) is 0 Å². The number of hydrogen-bond donors (Lipinski definition) is 1. The second kappa shape index (κ2) is 5.84. The molecule has 0 bridgehead atoms. The molecule has 0 spiro atoms. The van der Waals surface area contributed by atoms with Crippen molar-refractivity contribution in [3.05, 3.63) is 21.9 Å². The predicted molar refractivity (Wildman–Crippen MR) is 76.4 cm³/mol. The van der Waals surface area contributed by atoms with Crippen LogP contribution in [0.5, 0.6) is 0 Å². The van der Waals surface area contributed by atoms with Crippen LogP contribution in [0.25, 0.3) is 0 Å². The van der Waals surface area contributed by atoms with E-state index in [-0.39, 0.29) is 23.7 Å². The van der Waals surface area contributed by atoms with Crippen molar-refractivity contribution >= 4 is 23.0 Å². The molecule has 19 heavy (non-hydrogen) atoms. The molecule has 1 saturated heterocycles. The highest BCUT2D eigenvalue weighted by atomic mass is 32.1. The van der Waals surface area contributed by atoms with Gasteiger partial charge in [0.25, 0.3) is 0 Å². The number of nitrogens with one attached hydrogen (secondary N) is 1. The lowest BCUT2D eigenvalue weighted by Crippen LogP contribution is -2.56. The van der Waals surface area contributed by atoms with Crippen LogP contribution in [0.3, 0.4) is 0 Å². The van der Waals surface area contributed by atoms with E-state index >= 15 is 0 Å². The molecule has 0 radical (unpaired) electrons. The van der Waals surface area contributed by atoms with E-state index in [1.165, 1.54) is 11.3 Å². The molecule has 5 heteroatoms. The molecule has 1 atom stereocenters. The van der Waals surface area contributed by atoms with Gasteiger partial charge in [0.15, 0.2) is 5.78 Å². The second-order valence-electron chi connectivity index (χ2n) is 5.33. The van der Waals surface area contributed by atoms with Gasteiger partial charge < -0.3 is 5.32 Å². The third-order valence-electron chi connectivity index (χ3n) is 3.38. The van der Waals surface area contributed by atoms with E-state index in [0.29, 0.717) is 6.54 Å². The first-order chi connectivity index (χ1) is 8.99. The number of rotatable bonds is 4. The van der Waals surface area contributed by atoms with Crippen LogP contribution >= 0.6 is 11.3 Å². The van der Waals surface area contributed by atoms with Gasteiger partial charge in [0, 0.05) is 19.6 Å². The summed E-state index contributed by atoms with van der Waals surface area (Å²) in [4.78, 5) is 26.2. The van der Waals surface area contributed by atoms with Crippen molar-refractivity contribution in [3.8, 4) is 0 Å². The summed E-state index contributed by atoms with van der Waals surface area (Å²) in [5.74, 6) is 0.502. The van der Waals surface area contributed by atoms with E-state index in [1.54, 1.807) is 6.92 Å². The van der Waals surface area contributed by atoms with Crippen LogP contribution in [0.15, 0.2) is 11.4 Å². The third kappa shape index (κ3) is 3.22. The van der Waals surface area contributed by atoms with Gasteiger partial charge in [-0.15, -0.1) is 11.3 Å². The Balaban J connectivity index is 2.11. The van der Waals surface area contributed by atoms with Crippen LogP contribution in [0.4, 0.5) is 0 Å². The minimum Gasteiger partial charge on any atom is -0.353 e. The number of carbonyl (C=O) groups is 2. The summed E-state index contributed by atoms with van der Waals surface area (Å²) in [6, 6.07) is 1.87. The maximum atomic E-state index is 11.9. The molecule has 0 aromatic carbocycles. The summed E-state index contributed by atoms with van der Waals surface area (Å²) in [6.07, 6.45) is 0. The van der Waals surface area contributed by atoms with Crippen molar-refractivity contribution in [3.63, 3.8) is 0 Å². The summed E-state index contributed by atoms with van der Waals surface area (Å²) < 4.78 is 0. The second-order valence-corrected chi connectivity index (χ2v) is 6.24. The minimum atomic E-state index is -0.0746. The molecule has 1 aromatic rings. The molecule has 104 valence electrons. The lowest BCUT2D eigenvalue weighted by molar-refractivity contribution is -0.131. The Morgan fingerprint density at radius 1 is 1.58 bits per heavy atom. The SMILES string of the molecule is CC(=O)c1cc(CN2CCNC(=O)[C@H]2C(C)C)cs1. The highest BCUT2D eigenvalue weighted by Gasteiger charge is 2.32. The number of hydrogen-bond acceptors (Lipinski definition) is 4. The summed E-state index contributed by atoms with van der Waals surface area (Å²) in [5.41, 5.74) is 1.12. The maximum absolute atomic E-state index is 11.9. The number of carbonyl (C=O) groups excluding carboxylic acids is 2. The molecular formula is C14H20N2O2S. The monoisotopic (exact) mass is 280 g/mol. The van der Waals surface area contributed by atoms with Gasteiger partial charge in [-0.3, -0.25) is 14.5 Å². The van der Waals surface area contributed by atoms with Gasteiger partial charge in [-0.25, -0.2) is 0 Å². The summed E-state index contributed by atoms with van der Waals surface area (Å²) in [6.45, 7) is 8.01. The Morgan fingerprint density at radius 2 is 2.32 bits per heavy atom. The van der Waals surface area contributed by atoms with Crippen molar-refractivity contribution < 1.29 is 9.59 Å². The molecule has 2 rings (SSSR count). The first-order valence-electron chi connectivity index (χ1n) is 6.59. The van der Waals surface area contributed by atoms with E-state index in [9.17, 15) is 9.59 Å². The van der Waals surface area contributed by atoms with Gasteiger partial charge in [0.1, 0.15) is 0 Å². The molecule has 1 aliphatic heterocycles. The van der Waals surface area contributed by atoms with Crippen molar-refractivity contribution in [2.24, 2.45) is 5.92 Å². The number of piperazine rings is 1. The fraction of sp³-hybridized carbons (Fsp3) is 0.571. The average molecular weight is 280 g/mol. The quantitative estimate of drug-likeness (QED) is 0.857. The zero-order valence-electron chi connectivity index (χ0n) is 11.6. The normalized spacial score (nSPS) is 20.6.